The van der Waals surface area contributed by atoms with E-state index in [4.69, 9.17) is 15.6 Å². The number of ether oxygens (including phenoxy) is 1. The van der Waals surface area contributed by atoms with Crippen molar-refractivity contribution in [2.45, 2.75) is 32.9 Å². The number of carboxylic acid groups (broad SMARTS) is 1. The number of rotatable bonds is 6. The summed E-state index contributed by atoms with van der Waals surface area (Å²) in [5.41, 5.74) is 6.10. The Morgan fingerprint density at radius 1 is 1.61 bits per heavy atom. The number of nitrogens with two attached hydrogens (primary N) is 1. The van der Waals surface area contributed by atoms with Crippen molar-refractivity contribution in [1.29, 1.82) is 0 Å². The van der Waals surface area contributed by atoms with Gasteiger partial charge in [0.1, 0.15) is 12.6 Å². The van der Waals surface area contributed by atoms with Gasteiger partial charge in [0.15, 0.2) is 0 Å². The van der Waals surface area contributed by atoms with Gasteiger partial charge in [-0.25, -0.2) is 4.98 Å². The van der Waals surface area contributed by atoms with Crippen LogP contribution in [0.2, 0.25) is 0 Å². The number of carbonyl (C=O) groups excluding carboxylic acids is 1. The van der Waals surface area contributed by atoms with Crippen molar-refractivity contribution < 1.29 is 19.4 Å². The largest absolute Gasteiger partial charge is 0.480 e. The molecule has 1 aromatic rings. The normalized spacial score (nSPS) is 13.9. The van der Waals surface area contributed by atoms with Crippen LogP contribution in [0.25, 0.3) is 0 Å². The molecule has 0 aliphatic carbocycles. The summed E-state index contributed by atoms with van der Waals surface area (Å²) in [6, 6.07) is -1.06. The molecule has 1 aromatic heterocycles. The van der Waals surface area contributed by atoms with Gasteiger partial charge in [-0.2, -0.15) is 0 Å². The summed E-state index contributed by atoms with van der Waals surface area (Å²) in [6.45, 7) is 3.58. The number of hydrogen-bond acceptors (Lipinski definition) is 6. The van der Waals surface area contributed by atoms with Gasteiger partial charge in [0, 0.05) is 5.38 Å². The first-order chi connectivity index (χ1) is 8.40. The molecule has 0 bridgehead atoms. The first-order valence-corrected chi connectivity index (χ1v) is 6.33. The molecule has 1 heterocycles. The maximum atomic E-state index is 11.5. The lowest BCUT2D eigenvalue weighted by molar-refractivity contribution is -0.147. The van der Waals surface area contributed by atoms with Crippen molar-refractivity contribution >= 4 is 23.3 Å². The molecule has 18 heavy (non-hydrogen) atoms. The monoisotopic (exact) mass is 272 g/mol. The smallest absolute Gasteiger partial charge is 0.320 e. The molecule has 0 saturated carbocycles. The van der Waals surface area contributed by atoms with Gasteiger partial charge >= 0.3 is 11.9 Å². The van der Waals surface area contributed by atoms with Crippen LogP contribution in [0, 0.1) is 12.8 Å². The molecule has 0 fully saturated rings. The molecule has 0 radical (unpaired) electrons. The lowest BCUT2D eigenvalue weighted by Crippen LogP contribution is -2.37. The Bertz CT molecular complexity index is 432. The number of thiazole rings is 1. The Morgan fingerprint density at radius 3 is 2.78 bits per heavy atom. The third-order valence-electron chi connectivity index (χ3n) is 2.43. The topological polar surface area (TPSA) is 103 Å². The molecule has 0 spiro atoms. The third-order valence-corrected chi connectivity index (χ3v) is 3.26. The predicted octanol–water partition coefficient (Wildman–Crippen LogP) is 0.933. The van der Waals surface area contributed by atoms with Gasteiger partial charge in [0.25, 0.3) is 0 Å². The van der Waals surface area contributed by atoms with Gasteiger partial charge < -0.3 is 15.6 Å². The third kappa shape index (κ3) is 4.42. The molecule has 0 aromatic carbocycles. The number of carboxylic acids is 1. The van der Waals surface area contributed by atoms with E-state index in [1.165, 1.54) is 11.3 Å². The summed E-state index contributed by atoms with van der Waals surface area (Å²) >= 11 is 1.48. The Labute approximate surface area is 109 Å². The molecule has 0 amide bonds. The summed E-state index contributed by atoms with van der Waals surface area (Å²) in [7, 11) is 0. The van der Waals surface area contributed by atoms with Gasteiger partial charge in [-0.05, 0) is 12.8 Å². The van der Waals surface area contributed by atoms with E-state index < -0.39 is 23.9 Å². The Kier molecular flexibility index (Phi) is 5.24. The molecule has 100 valence electrons. The van der Waals surface area contributed by atoms with Crippen molar-refractivity contribution in [3.63, 3.8) is 0 Å². The van der Waals surface area contributed by atoms with Gasteiger partial charge in [0.2, 0.25) is 0 Å². The summed E-state index contributed by atoms with van der Waals surface area (Å²) in [4.78, 5) is 26.2. The maximum Gasteiger partial charge on any atom is 0.320 e. The van der Waals surface area contributed by atoms with Gasteiger partial charge in [0.05, 0.1) is 17.1 Å². The highest BCUT2D eigenvalue weighted by Gasteiger charge is 2.23. The fourth-order valence-corrected chi connectivity index (χ4v) is 1.92. The second-order valence-electron chi connectivity index (χ2n) is 4.06. The highest BCUT2D eigenvalue weighted by atomic mass is 32.1. The van der Waals surface area contributed by atoms with E-state index in [1.54, 1.807) is 6.92 Å². The molecule has 0 aliphatic heterocycles. The van der Waals surface area contributed by atoms with Crippen LogP contribution >= 0.6 is 11.3 Å². The number of aryl methyl sites for hydroxylation is 1. The van der Waals surface area contributed by atoms with Gasteiger partial charge in [-0.15, -0.1) is 11.3 Å². The van der Waals surface area contributed by atoms with E-state index in [-0.39, 0.29) is 13.0 Å². The second-order valence-corrected chi connectivity index (χ2v) is 5.13. The summed E-state index contributed by atoms with van der Waals surface area (Å²) in [6.07, 6.45) is -0.0173. The maximum absolute atomic E-state index is 11.5. The van der Waals surface area contributed by atoms with E-state index in [0.717, 1.165) is 5.01 Å². The average molecular weight is 272 g/mol. The van der Waals surface area contributed by atoms with E-state index in [9.17, 15) is 9.59 Å². The van der Waals surface area contributed by atoms with E-state index in [1.807, 2.05) is 12.3 Å². The number of hydrogen-bond donors (Lipinski definition) is 2. The Morgan fingerprint density at radius 2 is 2.28 bits per heavy atom. The van der Waals surface area contributed by atoms with Crippen LogP contribution in [0.5, 0.6) is 0 Å². The summed E-state index contributed by atoms with van der Waals surface area (Å²) < 4.78 is 5.00. The fourth-order valence-electron chi connectivity index (χ4n) is 1.32. The van der Waals surface area contributed by atoms with Crippen LogP contribution in [0.3, 0.4) is 0 Å². The minimum atomic E-state index is -1.12. The average Bonchev–Trinajstić information content (AvgIpc) is 2.71. The molecule has 1 unspecified atom stereocenters. The standard InChI is InChI=1S/C11H16N2O4S/c1-6(10(12)11(15)16)3-9(14)17-4-8-5-18-7(2)13-8/h5-6,10H,3-4,12H2,1-2H3,(H,15,16)/t6?,10-/m0/s1. The first-order valence-electron chi connectivity index (χ1n) is 5.45. The molecule has 6 nitrogen and oxygen atoms in total. The molecule has 0 saturated heterocycles. The minimum Gasteiger partial charge on any atom is -0.480 e. The molecule has 0 aliphatic rings. The molecule has 2 atom stereocenters. The van der Waals surface area contributed by atoms with Crippen LogP contribution in [-0.4, -0.2) is 28.1 Å². The van der Waals surface area contributed by atoms with E-state index >= 15 is 0 Å². The lowest BCUT2D eigenvalue weighted by Gasteiger charge is -2.14. The van der Waals surface area contributed by atoms with Crippen molar-refractivity contribution in [3.8, 4) is 0 Å². The molecule has 3 N–H and O–H groups in total. The van der Waals surface area contributed by atoms with Gasteiger partial charge in [-0.1, -0.05) is 6.92 Å². The fraction of sp³-hybridized carbons (Fsp3) is 0.545. The zero-order valence-electron chi connectivity index (χ0n) is 10.3. The highest BCUT2D eigenvalue weighted by molar-refractivity contribution is 7.09. The Balaban J connectivity index is 2.35. The summed E-state index contributed by atoms with van der Waals surface area (Å²) in [5, 5.41) is 11.4. The zero-order valence-corrected chi connectivity index (χ0v) is 11.1. The van der Waals surface area contributed by atoms with Crippen LogP contribution in [0.1, 0.15) is 24.0 Å². The number of esters is 1. The van der Waals surface area contributed by atoms with Crippen LogP contribution < -0.4 is 5.73 Å². The second kappa shape index (κ2) is 6.46. The first kappa shape index (κ1) is 14.6. The minimum absolute atomic E-state index is 0.0173. The zero-order chi connectivity index (χ0) is 13.7. The van der Waals surface area contributed by atoms with Crippen molar-refractivity contribution in [2.75, 3.05) is 0 Å². The number of nitrogens with zero attached hydrogens (tertiary/aromatic N) is 1. The highest BCUT2D eigenvalue weighted by Crippen LogP contribution is 2.11. The van der Waals surface area contributed by atoms with Crippen LogP contribution in [-0.2, 0) is 20.9 Å². The number of carbonyl (C=O) groups is 2. The molecular formula is C11H16N2O4S. The van der Waals surface area contributed by atoms with E-state index in [2.05, 4.69) is 4.98 Å². The van der Waals surface area contributed by atoms with E-state index in [0.29, 0.717) is 5.69 Å². The van der Waals surface area contributed by atoms with Crippen LogP contribution in [0.15, 0.2) is 5.38 Å². The van der Waals surface area contributed by atoms with Crippen LogP contribution in [0.4, 0.5) is 0 Å². The SMILES string of the molecule is Cc1nc(COC(=O)CC(C)[C@H](N)C(=O)O)cs1. The van der Waals surface area contributed by atoms with Crippen molar-refractivity contribution in [1.82, 2.24) is 4.98 Å². The number of aliphatic carboxylic acids is 1. The summed E-state index contributed by atoms with van der Waals surface area (Å²) in [5.74, 6) is -2.05. The van der Waals surface area contributed by atoms with Crippen molar-refractivity contribution in [3.05, 3.63) is 16.1 Å². The Hall–Kier alpha value is -1.47. The molecule has 7 heteroatoms. The van der Waals surface area contributed by atoms with Crippen molar-refractivity contribution in [2.24, 2.45) is 11.7 Å². The predicted molar refractivity (Wildman–Crippen MR) is 66.0 cm³/mol. The van der Waals surface area contributed by atoms with Gasteiger partial charge in [-0.3, -0.25) is 9.59 Å². The molecular weight excluding hydrogens is 256 g/mol. The lowest BCUT2D eigenvalue weighted by atomic mass is 9.99. The quantitative estimate of drug-likeness (QED) is 0.747. The number of aromatic nitrogens is 1. The molecule has 1 rings (SSSR count).